The maximum absolute atomic E-state index is 13.4. The van der Waals surface area contributed by atoms with Crippen molar-refractivity contribution in [1.82, 2.24) is 0 Å². The second-order valence-electron chi connectivity index (χ2n) is 8.91. The molecule has 0 aromatic heterocycles. The molecule has 164 valence electrons. The number of nitrogens with zero attached hydrogens (tertiary/aromatic N) is 2. The van der Waals surface area contributed by atoms with Crippen LogP contribution >= 0.6 is 0 Å². The van der Waals surface area contributed by atoms with E-state index < -0.39 is 11.5 Å². The molecule has 1 atom stereocenters. The van der Waals surface area contributed by atoms with Gasteiger partial charge in [0.25, 0.3) is 0 Å². The molecule has 6 nitrogen and oxygen atoms in total. The summed E-state index contributed by atoms with van der Waals surface area (Å²) in [5.41, 5.74) is 9.15. The summed E-state index contributed by atoms with van der Waals surface area (Å²) < 4.78 is 0. The molecule has 31 heavy (non-hydrogen) atoms. The number of rotatable bonds is 5. The predicted molar refractivity (Wildman–Crippen MR) is 123 cm³/mol. The highest BCUT2D eigenvalue weighted by Gasteiger charge is 2.39. The van der Waals surface area contributed by atoms with Gasteiger partial charge in [0.2, 0.25) is 11.8 Å². The second kappa shape index (κ2) is 8.63. The molecule has 0 bridgehead atoms. The van der Waals surface area contributed by atoms with Gasteiger partial charge in [-0.3, -0.25) is 14.4 Å². The smallest absolute Gasteiger partial charge is 0.246 e. The number of hydrogen-bond acceptors (Lipinski definition) is 4. The maximum atomic E-state index is 13.4. The lowest BCUT2D eigenvalue weighted by Gasteiger charge is -2.32. The van der Waals surface area contributed by atoms with E-state index in [2.05, 4.69) is 0 Å². The molecule has 0 saturated heterocycles. The standard InChI is InChI=1S/C25H31N3O3/c1-6-25(4,5)24(31)28-14-19(26)23(30)27(21-13-16(2)11-12-20(21)28)15-22(29)18-10-8-7-9-17(18)3/h7-13,19H,6,14-15,26H2,1-5H3. The first-order valence-electron chi connectivity index (χ1n) is 10.6. The zero-order valence-electron chi connectivity index (χ0n) is 18.9. The van der Waals surface area contributed by atoms with Crippen molar-refractivity contribution in [3.05, 3.63) is 59.2 Å². The third-order valence-corrected chi connectivity index (χ3v) is 6.13. The van der Waals surface area contributed by atoms with Crippen LogP contribution in [0, 0.1) is 19.3 Å². The number of aryl methyl sites for hydroxylation is 2. The minimum Gasteiger partial charge on any atom is -0.318 e. The molecule has 1 unspecified atom stereocenters. The Hall–Kier alpha value is -2.99. The van der Waals surface area contributed by atoms with Crippen molar-refractivity contribution in [3.63, 3.8) is 0 Å². The lowest BCUT2D eigenvalue weighted by molar-refractivity contribution is -0.126. The summed E-state index contributed by atoms with van der Waals surface area (Å²) >= 11 is 0. The highest BCUT2D eigenvalue weighted by atomic mass is 16.2. The van der Waals surface area contributed by atoms with Crippen molar-refractivity contribution in [2.75, 3.05) is 22.9 Å². The van der Waals surface area contributed by atoms with Gasteiger partial charge >= 0.3 is 0 Å². The van der Waals surface area contributed by atoms with E-state index in [4.69, 9.17) is 5.73 Å². The van der Waals surface area contributed by atoms with Crippen LogP contribution in [0.3, 0.4) is 0 Å². The molecular weight excluding hydrogens is 390 g/mol. The second-order valence-corrected chi connectivity index (χ2v) is 8.91. The number of fused-ring (bicyclic) bond motifs is 1. The van der Waals surface area contributed by atoms with E-state index in [0.29, 0.717) is 23.4 Å². The fourth-order valence-electron chi connectivity index (χ4n) is 3.76. The summed E-state index contributed by atoms with van der Waals surface area (Å²) in [6.45, 7) is 9.47. The molecule has 2 amide bonds. The van der Waals surface area contributed by atoms with Gasteiger partial charge in [0.15, 0.2) is 5.78 Å². The third-order valence-electron chi connectivity index (χ3n) is 6.13. The average molecular weight is 422 g/mol. The van der Waals surface area contributed by atoms with E-state index in [1.54, 1.807) is 11.0 Å². The van der Waals surface area contributed by atoms with Gasteiger partial charge in [-0.1, -0.05) is 51.1 Å². The van der Waals surface area contributed by atoms with Crippen LogP contribution in [0.25, 0.3) is 0 Å². The zero-order valence-corrected chi connectivity index (χ0v) is 18.9. The molecule has 0 radical (unpaired) electrons. The molecular formula is C25H31N3O3. The van der Waals surface area contributed by atoms with Crippen molar-refractivity contribution >= 4 is 29.0 Å². The Morgan fingerprint density at radius 3 is 2.42 bits per heavy atom. The average Bonchev–Trinajstić information content (AvgIpc) is 2.83. The van der Waals surface area contributed by atoms with Crippen LogP contribution in [0.15, 0.2) is 42.5 Å². The molecule has 6 heteroatoms. The largest absolute Gasteiger partial charge is 0.318 e. The number of anilines is 2. The van der Waals surface area contributed by atoms with Gasteiger partial charge in [-0.05, 0) is 43.5 Å². The number of hydrogen-bond donors (Lipinski definition) is 1. The topological polar surface area (TPSA) is 83.7 Å². The first-order chi connectivity index (χ1) is 14.6. The molecule has 2 aromatic carbocycles. The summed E-state index contributed by atoms with van der Waals surface area (Å²) in [4.78, 5) is 42.8. The number of nitrogens with two attached hydrogens (primary N) is 1. The third kappa shape index (κ3) is 4.39. The van der Waals surface area contributed by atoms with Gasteiger partial charge in [0.05, 0.1) is 24.5 Å². The van der Waals surface area contributed by atoms with Gasteiger partial charge in [0, 0.05) is 11.0 Å². The Bertz CT molecular complexity index is 1030. The van der Waals surface area contributed by atoms with E-state index >= 15 is 0 Å². The fraction of sp³-hybridized carbons (Fsp3) is 0.400. The van der Waals surface area contributed by atoms with Gasteiger partial charge in [-0.2, -0.15) is 0 Å². The van der Waals surface area contributed by atoms with Gasteiger partial charge < -0.3 is 15.5 Å². The molecule has 1 aliphatic rings. The number of amides is 2. The molecule has 0 saturated carbocycles. The summed E-state index contributed by atoms with van der Waals surface area (Å²) in [7, 11) is 0. The van der Waals surface area contributed by atoms with Crippen molar-refractivity contribution in [2.24, 2.45) is 11.1 Å². The monoisotopic (exact) mass is 421 g/mol. The number of carbonyl (C=O) groups is 3. The molecule has 0 aliphatic carbocycles. The summed E-state index contributed by atoms with van der Waals surface area (Å²) in [6, 6.07) is 12.0. The van der Waals surface area contributed by atoms with Crippen molar-refractivity contribution < 1.29 is 14.4 Å². The Morgan fingerprint density at radius 2 is 1.77 bits per heavy atom. The lowest BCUT2D eigenvalue weighted by Crippen LogP contribution is -2.51. The number of ketones is 1. The highest BCUT2D eigenvalue weighted by molar-refractivity contribution is 6.12. The maximum Gasteiger partial charge on any atom is 0.246 e. The molecule has 2 N–H and O–H groups in total. The quantitative estimate of drug-likeness (QED) is 0.747. The molecule has 1 heterocycles. The van der Waals surface area contributed by atoms with Crippen molar-refractivity contribution in [1.29, 1.82) is 0 Å². The minimum absolute atomic E-state index is 0.0756. The first kappa shape index (κ1) is 22.7. The van der Waals surface area contributed by atoms with E-state index in [1.165, 1.54) is 4.90 Å². The highest BCUT2D eigenvalue weighted by Crippen LogP contribution is 2.37. The van der Waals surface area contributed by atoms with Crippen LogP contribution in [0.5, 0.6) is 0 Å². The number of benzene rings is 2. The van der Waals surface area contributed by atoms with Crippen LogP contribution in [0.1, 0.15) is 48.7 Å². The SMILES string of the molecule is CCC(C)(C)C(=O)N1CC(N)C(=O)N(CC(=O)c2ccccc2C)c2cc(C)ccc21. The predicted octanol–water partition coefficient (Wildman–Crippen LogP) is 3.63. The van der Waals surface area contributed by atoms with E-state index in [9.17, 15) is 14.4 Å². The minimum atomic E-state index is -0.922. The van der Waals surface area contributed by atoms with Crippen molar-refractivity contribution in [2.45, 2.75) is 47.1 Å². The van der Waals surface area contributed by atoms with E-state index in [1.807, 2.05) is 71.0 Å². The molecule has 3 rings (SSSR count). The Labute approximate surface area is 184 Å². The van der Waals surface area contributed by atoms with Crippen LogP contribution in [0.4, 0.5) is 11.4 Å². The summed E-state index contributed by atoms with van der Waals surface area (Å²) in [6.07, 6.45) is 0.655. The lowest BCUT2D eigenvalue weighted by atomic mass is 9.88. The molecule has 1 aliphatic heterocycles. The number of carbonyl (C=O) groups excluding carboxylic acids is 3. The Morgan fingerprint density at radius 1 is 1.10 bits per heavy atom. The molecule has 0 spiro atoms. The Kier molecular flexibility index (Phi) is 6.32. The van der Waals surface area contributed by atoms with Gasteiger partial charge in [0.1, 0.15) is 6.04 Å². The van der Waals surface area contributed by atoms with Crippen LogP contribution in [-0.4, -0.2) is 36.7 Å². The van der Waals surface area contributed by atoms with E-state index in [0.717, 1.165) is 11.1 Å². The normalized spacial score (nSPS) is 16.7. The van der Waals surface area contributed by atoms with Crippen molar-refractivity contribution in [3.8, 4) is 0 Å². The summed E-state index contributed by atoms with van der Waals surface area (Å²) in [5, 5.41) is 0. The van der Waals surface area contributed by atoms with Gasteiger partial charge in [-0.15, -0.1) is 0 Å². The summed E-state index contributed by atoms with van der Waals surface area (Å²) in [5.74, 6) is -0.617. The van der Waals surface area contributed by atoms with Crippen LogP contribution in [-0.2, 0) is 9.59 Å². The molecule has 0 fully saturated rings. The van der Waals surface area contributed by atoms with E-state index in [-0.39, 0.29) is 30.7 Å². The van der Waals surface area contributed by atoms with Crippen LogP contribution < -0.4 is 15.5 Å². The number of Topliss-reactive ketones (excluding diaryl/α,β-unsaturated/α-hetero) is 1. The van der Waals surface area contributed by atoms with Crippen LogP contribution in [0.2, 0.25) is 0 Å². The Balaban J connectivity index is 2.09. The zero-order chi connectivity index (χ0) is 22.9. The fourth-order valence-corrected chi connectivity index (χ4v) is 3.76. The van der Waals surface area contributed by atoms with Gasteiger partial charge in [-0.25, -0.2) is 0 Å². The molecule has 2 aromatic rings. The first-order valence-corrected chi connectivity index (χ1v) is 10.6.